The molecule has 0 saturated carbocycles. The molecule has 0 radical (unpaired) electrons. The van der Waals surface area contributed by atoms with Gasteiger partial charge in [0.15, 0.2) is 11.5 Å². The number of nitrogens with two attached hydrogens (primary N) is 1. The number of carbonyl (C=O) groups excluding carboxylic acids is 3. The van der Waals surface area contributed by atoms with Crippen molar-refractivity contribution >= 4 is 23.9 Å². The Bertz CT molecular complexity index is 915. The van der Waals surface area contributed by atoms with Crippen LogP contribution in [0.15, 0.2) is 18.2 Å². The fourth-order valence-corrected chi connectivity index (χ4v) is 3.54. The maximum Gasteiger partial charge on any atom is 0.321 e. The zero-order valence-electron chi connectivity index (χ0n) is 23.0. The van der Waals surface area contributed by atoms with Crippen molar-refractivity contribution in [1.82, 2.24) is 0 Å². The predicted molar refractivity (Wildman–Crippen MR) is 139 cm³/mol. The maximum absolute atomic E-state index is 12.6. The Morgan fingerprint density at radius 1 is 0.892 bits per heavy atom. The largest absolute Gasteiger partial charge is 0.480 e. The molecule has 0 saturated heterocycles. The second-order valence-electron chi connectivity index (χ2n) is 9.63. The van der Waals surface area contributed by atoms with Crippen molar-refractivity contribution in [3.05, 3.63) is 23.8 Å². The van der Waals surface area contributed by atoms with E-state index in [1.54, 1.807) is 26.8 Å². The van der Waals surface area contributed by atoms with Crippen LogP contribution >= 0.6 is 0 Å². The molecule has 5 atom stereocenters. The Labute approximate surface area is 220 Å². The summed E-state index contributed by atoms with van der Waals surface area (Å²) in [5.41, 5.74) is 6.49. The first-order valence-electron chi connectivity index (χ1n) is 13.2. The van der Waals surface area contributed by atoms with Crippen LogP contribution in [0.3, 0.4) is 0 Å². The highest BCUT2D eigenvalue weighted by molar-refractivity contribution is 5.79. The lowest BCUT2D eigenvalue weighted by Crippen LogP contribution is -2.38. The lowest BCUT2D eigenvalue weighted by atomic mass is 9.87. The topological polar surface area (TPSA) is 142 Å². The van der Waals surface area contributed by atoms with Gasteiger partial charge in [-0.1, -0.05) is 53.5 Å². The Hall–Kier alpha value is -2.94. The summed E-state index contributed by atoms with van der Waals surface area (Å²) in [6.07, 6.45) is 3.57. The van der Waals surface area contributed by atoms with Crippen LogP contribution in [0.4, 0.5) is 0 Å². The Morgan fingerprint density at radius 3 is 1.97 bits per heavy atom. The number of aliphatic carboxylic acids is 1. The summed E-state index contributed by atoms with van der Waals surface area (Å²) in [6, 6.07) is 3.22. The molecule has 0 heterocycles. The average Bonchev–Trinajstić information content (AvgIpc) is 2.86. The predicted octanol–water partition coefficient (Wildman–Crippen LogP) is 4.99. The number of benzene rings is 1. The molecule has 1 aromatic rings. The van der Waals surface area contributed by atoms with Gasteiger partial charge in [-0.2, -0.15) is 0 Å². The Morgan fingerprint density at radius 2 is 1.46 bits per heavy atom. The summed E-state index contributed by atoms with van der Waals surface area (Å²) < 4.78 is 16.6. The van der Waals surface area contributed by atoms with E-state index in [0.717, 1.165) is 19.3 Å². The first-order chi connectivity index (χ1) is 17.4. The van der Waals surface area contributed by atoms with Gasteiger partial charge in [0, 0.05) is 12.3 Å². The van der Waals surface area contributed by atoms with Gasteiger partial charge in [0.25, 0.3) is 0 Å². The monoisotopic (exact) mass is 521 g/mol. The molecule has 3 N–H and O–H groups in total. The molecular weight excluding hydrogens is 478 g/mol. The lowest BCUT2D eigenvalue weighted by molar-refractivity contribution is -0.149. The van der Waals surface area contributed by atoms with Crippen LogP contribution in [0.5, 0.6) is 11.5 Å². The number of carboxylic acids is 1. The van der Waals surface area contributed by atoms with E-state index in [0.29, 0.717) is 24.8 Å². The quantitative estimate of drug-likeness (QED) is 0.175. The molecule has 0 spiro atoms. The summed E-state index contributed by atoms with van der Waals surface area (Å²) in [4.78, 5) is 49.0. The molecule has 9 heteroatoms. The van der Waals surface area contributed by atoms with E-state index in [4.69, 9.17) is 19.9 Å². The Kier molecular flexibility index (Phi) is 13.9. The van der Waals surface area contributed by atoms with Gasteiger partial charge in [-0.15, -0.1) is 0 Å². The van der Waals surface area contributed by atoms with Gasteiger partial charge in [-0.3, -0.25) is 19.2 Å². The summed E-state index contributed by atoms with van der Waals surface area (Å²) in [6.45, 7) is 10.9. The normalized spacial score (nSPS) is 15.1. The number of ether oxygens (including phenoxy) is 3. The third kappa shape index (κ3) is 10.5. The van der Waals surface area contributed by atoms with E-state index < -0.39 is 41.9 Å². The molecule has 4 unspecified atom stereocenters. The summed E-state index contributed by atoms with van der Waals surface area (Å²) >= 11 is 0. The van der Waals surface area contributed by atoms with Gasteiger partial charge in [0.1, 0.15) is 6.04 Å². The molecule has 1 aromatic carbocycles. The summed E-state index contributed by atoms with van der Waals surface area (Å²) in [5.74, 6) is -4.01. The van der Waals surface area contributed by atoms with Gasteiger partial charge in [-0.25, -0.2) is 0 Å². The van der Waals surface area contributed by atoms with Crippen LogP contribution in [-0.2, 0) is 23.9 Å². The minimum absolute atomic E-state index is 0.00579. The zero-order chi connectivity index (χ0) is 28.1. The highest BCUT2D eigenvalue weighted by Crippen LogP contribution is 2.35. The molecule has 9 nitrogen and oxygen atoms in total. The molecule has 0 bridgehead atoms. The van der Waals surface area contributed by atoms with Crippen LogP contribution in [0.1, 0.15) is 98.0 Å². The van der Waals surface area contributed by atoms with E-state index in [-0.39, 0.29) is 29.8 Å². The zero-order valence-corrected chi connectivity index (χ0v) is 23.0. The van der Waals surface area contributed by atoms with Crippen molar-refractivity contribution in [2.24, 2.45) is 17.6 Å². The molecule has 0 aliphatic carbocycles. The maximum atomic E-state index is 12.6. The number of esters is 3. The minimum atomic E-state index is -1.31. The van der Waals surface area contributed by atoms with Crippen molar-refractivity contribution in [1.29, 1.82) is 0 Å². The van der Waals surface area contributed by atoms with Gasteiger partial charge in [0.05, 0.1) is 17.9 Å². The SMILES string of the molecule is CCCCCC(=O)OC(C)CC(c1ccc(OC(=O)C(C)CC)c(OC(=O)C(C)CC)c1)[C@H](N)C(=O)O. The second kappa shape index (κ2) is 16.0. The minimum Gasteiger partial charge on any atom is -0.480 e. The molecule has 0 aromatic heterocycles. The standard InChI is InChI=1S/C28H43NO8/c1-7-10-11-12-24(30)35-19(6)15-21(25(29)26(31)32)20-13-14-22(36-27(33)17(4)8-2)23(16-20)37-28(34)18(5)9-3/h13-14,16-19,21,25H,7-12,15,29H2,1-6H3,(H,31,32)/t17?,18?,19?,21?,25-/m0/s1. The first kappa shape index (κ1) is 32.1. The fraction of sp³-hybridized carbons (Fsp3) is 0.643. The van der Waals surface area contributed by atoms with Crippen molar-refractivity contribution in [2.75, 3.05) is 0 Å². The molecule has 0 fully saturated rings. The van der Waals surface area contributed by atoms with Crippen LogP contribution in [0.2, 0.25) is 0 Å². The van der Waals surface area contributed by atoms with E-state index in [9.17, 15) is 24.3 Å². The van der Waals surface area contributed by atoms with Crippen LogP contribution in [0, 0.1) is 11.8 Å². The Balaban J connectivity index is 3.30. The number of hydrogen-bond acceptors (Lipinski definition) is 8. The number of rotatable bonds is 16. The number of carbonyl (C=O) groups is 4. The second-order valence-corrected chi connectivity index (χ2v) is 9.63. The highest BCUT2D eigenvalue weighted by Gasteiger charge is 2.30. The summed E-state index contributed by atoms with van der Waals surface area (Å²) in [5, 5.41) is 9.65. The lowest BCUT2D eigenvalue weighted by Gasteiger charge is -2.25. The van der Waals surface area contributed by atoms with Gasteiger partial charge < -0.3 is 25.1 Å². The number of hydrogen-bond donors (Lipinski definition) is 2. The van der Waals surface area contributed by atoms with E-state index in [1.807, 2.05) is 20.8 Å². The first-order valence-corrected chi connectivity index (χ1v) is 13.2. The molecule has 37 heavy (non-hydrogen) atoms. The summed E-state index contributed by atoms with van der Waals surface area (Å²) in [7, 11) is 0. The highest BCUT2D eigenvalue weighted by atomic mass is 16.6. The average molecular weight is 522 g/mol. The smallest absolute Gasteiger partial charge is 0.321 e. The van der Waals surface area contributed by atoms with Crippen LogP contribution in [-0.4, -0.2) is 41.1 Å². The van der Waals surface area contributed by atoms with Crippen molar-refractivity contribution < 1.29 is 38.5 Å². The van der Waals surface area contributed by atoms with E-state index >= 15 is 0 Å². The van der Waals surface area contributed by atoms with E-state index in [2.05, 4.69) is 0 Å². The van der Waals surface area contributed by atoms with Crippen LogP contribution in [0.25, 0.3) is 0 Å². The van der Waals surface area contributed by atoms with E-state index in [1.165, 1.54) is 12.1 Å². The fourth-order valence-electron chi connectivity index (χ4n) is 3.54. The molecule has 0 aliphatic heterocycles. The molecule has 208 valence electrons. The number of unbranched alkanes of at least 4 members (excludes halogenated alkanes) is 2. The third-order valence-electron chi connectivity index (χ3n) is 6.47. The molecule has 1 rings (SSSR count). The van der Waals surface area contributed by atoms with Crippen molar-refractivity contribution in [3.63, 3.8) is 0 Å². The van der Waals surface area contributed by atoms with Crippen LogP contribution < -0.4 is 15.2 Å². The van der Waals surface area contributed by atoms with Gasteiger partial charge in [0.2, 0.25) is 0 Å². The molecule has 0 aliphatic rings. The van der Waals surface area contributed by atoms with Crippen molar-refractivity contribution in [3.8, 4) is 11.5 Å². The number of carboxylic acid groups (broad SMARTS) is 1. The van der Waals surface area contributed by atoms with Gasteiger partial charge >= 0.3 is 23.9 Å². The molecular formula is C28H43NO8. The molecule has 0 amide bonds. The van der Waals surface area contributed by atoms with Crippen molar-refractivity contribution in [2.45, 2.75) is 105 Å². The third-order valence-corrected chi connectivity index (χ3v) is 6.47. The van der Waals surface area contributed by atoms with Gasteiger partial charge in [-0.05, 0) is 50.3 Å².